The minimum atomic E-state index is -1.06. The van der Waals surface area contributed by atoms with Crippen LogP contribution in [0.4, 0.5) is 0 Å². The van der Waals surface area contributed by atoms with Crippen molar-refractivity contribution in [3.05, 3.63) is 29.3 Å². The Bertz CT molecular complexity index is 796. The Morgan fingerprint density at radius 2 is 1.72 bits per heavy atom. The highest BCUT2D eigenvalue weighted by atomic mass is 32.2. The Labute approximate surface area is 196 Å². The normalized spacial score (nSPS) is 12.6. The summed E-state index contributed by atoms with van der Waals surface area (Å²) in [5.74, 6) is -4.00. The van der Waals surface area contributed by atoms with E-state index in [4.69, 9.17) is 19.1 Å². The molecule has 1 aromatic rings. The molecule has 0 spiro atoms. The molecule has 0 saturated carbocycles. The highest BCUT2D eigenvalue weighted by Gasteiger charge is 2.26. The van der Waals surface area contributed by atoms with Crippen LogP contribution >= 0.6 is 23.8 Å². The summed E-state index contributed by atoms with van der Waals surface area (Å²) in [5, 5.41) is 18.1. The second-order valence-corrected chi connectivity index (χ2v) is 8.84. The van der Waals surface area contributed by atoms with E-state index in [1.54, 1.807) is 19.1 Å². The first-order valence-corrected chi connectivity index (χ1v) is 12.4. The van der Waals surface area contributed by atoms with Crippen LogP contribution in [0, 0.1) is 5.92 Å². The number of hydrogen-bond donors (Lipinski definition) is 2. The molecule has 0 saturated heterocycles. The van der Waals surface area contributed by atoms with Crippen LogP contribution in [-0.4, -0.2) is 51.7 Å². The first-order valence-electron chi connectivity index (χ1n) is 10.5. The van der Waals surface area contributed by atoms with Gasteiger partial charge in [-0.2, -0.15) is 0 Å². The maximum Gasteiger partial charge on any atom is 0.352 e. The molecule has 2 atom stereocenters. The van der Waals surface area contributed by atoms with Gasteiger partial charge in [0.15, 0.2) is 0 Å². The lowest BCUT2D eigenvalue weighted by Gasteiger charge is -2.17. The smallest absolute Gasteiger partial charge is 0.352 e. The number of hydrogen-bond acceptors (Lipinski definition) is 8. The number of ether oxygens (including phenoxy) is 1. The van der Waals surface area contributed by atoms with Crippen molar-refractivity contribution in [2.75, 3.05) is 11.5 Å². The van der Waals surface area contributed by atoms with Gasteiger partial charge in [-0.15, -0.1) is 11.8 Å². The maximum absolute atomic E-state index is 12.8. The van der Waals surface area contributed by atoms with Crippen LogP contribution in [0.5, 0.6) is 0 Å². The molecule has 2 unspecified atom stereocenters. The van der Waals surface area contributed by atoms with Crippen molar-refractivity contribution in [3.8, 4) is 0 Å². The van der Waals surface area contributed by atoms with E-state index in [9.17, 15) is 19.2 Å². The first kappa shape index (κ1) is 27.8. The molecule has 1 aromatic carbocycles. The molecule has 0 aromatic heterocycles. The van der Waals surface area contributed by atoms with E-state index in [1.807, 2.05) is 13.8 Å². The average Bonchev–Trinajstić information content (AvgIpc) is 2.76. The van der Waals surface area contributed by atoms with Gasteiger partial charge in [-0.25, -0.2) is 9.59 Å². The summed E-state index contributed by atoms with van der Waals surface area (Å²) in [7, 11) is 0. The zero-order valence-corrected chi connectivity index (χ0v) is 20.1. The summed E-state index contributed by atoms with van der Waals surface area (Å²) in [6.07, 6.45) is 2.65. The van der Waals surface area contributed by atoms with Crippen LogP contribution in [0.1, 0.15) is 73.6 Å². The SMILES string of the molecule is CCCC(CC)OC(=O)c1cccc(SCC(=O)O)c1C(=O)OSCCC(CC)C(=O)O. The van der Waals surface area contributed by atoms with Crippen LogP contribution in [0.25, 0.3) is 0 Å². The number of thioether (sulfide) groups is 1. The highest BCUT2D eigenvalue weighted by Crippen LogP contribution is 2.29. The highest BCUT2D eigenvalue weighted by molar-refractivity contribution is 8.00. The van der Waals surface area contributed by atoms with Gasteiger partial charge in [-0.1, -0.05) is 33.3 Å². The molecule has 178 valence electrons. The van der Waals surface area contributed by atoms with E-state index in [0.29, 0.717) is 30.6 Å². The molecule has 10 heteroatoms. The van der Waals surface area contributed by atoms with E-state index < -0.39 is 29.8 Å². The summed E-state index contributed by atoms with van der Waals surface area (Å²) in [6, 6.07) is 4.56. The largest absolute Gasteiger partial charge is 0.481 e. The van der Waals surface area contributed by atoms with Crippen molar-refractivity contribution in [3.63, 3.8) is 0 Å². The number of carbonyl (C=O) groups is 4. The Balaban J connectivity index is 3.04. The van der Waals surface area contributed by atoms with Crippen LogP contribution in [0.3, 0.4) is 0 Å². The fourth-order valence-electron chi connectivity index (χ4n) is 2.88. The van der Waals surface area contributed by atoms with Gasteiger partial charge in [0, 0.05) is 10.6 Å². The number of carboxylic acid groups (broad SMARTS) is 2. The van der Waals surface area contributed by atoms with E-state index >= 15 is 0 Å². The fraction of sp³-hybridized carbons (Fsp3) is 0.545. The van der Waals surface area contributed by atoms with Crippen molar-refractivity contribution < 1.29 is 38.3 Å². The van der Waals surface area contributed by atoms with E-state index in [-0.39, 0.29) is 28.7 Å². The van der Waals surface area contributed by atoms with Crippen molar-refractivity contribution in [1.82, 2.24) is 0 Å². The molecule has 0 aliphatic carbocycles. The van der Waals surface area contributed by atoms with E-state index in [0.717, 1.165) is 30.2 Å². The summed E-state index contributed by atoms with van der Waals surface area (Å²) in [6.45, 7) is 5.65. The van der Waals surface area contributed by atoms with Crippen LogP contribution in [-0.2, 0) is 18.5 Å². The predicted octanol–water partition coefficient (Wildman–Crippen LogP) is 4.90. The average molecular weight is 487 g/mol. The zero-order valence-electron chi connectivity index (χ0n) is 18.5. The van der Waals surface area contributed by atoms with Gasteiger partial charge < -0.3 is 19.1 Å². The molecule has 2 N–H and O–H groups in total. The Morgan fingerprint density at radius 3 is 2.28 bits per heavy atom. The van der Waals surface area contributed by atoms with Gasteiger partial charge in [-0.3, -0.25) is 9.59 Å². The monoisotopic (exact) mass is 486 g/mol. The molecule has 0 aliphatic heterocycles. The number of carboxylic acids is 2. The van der Waals surface area contributed by atoms with E-state index in [2.05, 4.69) is 0 Å². The molecule has 8 nitrogen and oxygen atoms in total. The molecule has 0 heterocycles. The number of benzene rings is 1. The summed E-state index contributed by atoms with van der Waals surface area (Å²) in [5.41, 5.74) is -0.0367. The zero-order chi connectivity index (χ0) is 24.1. The Morgan fingerprint density at radius 1 is 1.00 bits per heavy atom. The molecule has 32 heavy (non-hydrogen) atoms. The second kappa shape index (κ2) is 14.8. The molecule has 1 rings (SSSR count). The third-order valence-corrected chi connectivity index (χ3v) is 6.38. The second-order valence-electron chi connectivity index (χ2n) is 7.01. The van der Waals surface area contributed by atoms with Crippen molar-refractivity contribution in [2.24, 2.45) is 5.92 Å². The van der Waals surface area contributed by atoms with Crippen LogP contribution in [0.2, 0.25) is 0 Å². The topological polar surface area (TPSA) is 127 Å². The number of rotatable bonds is 15. The van der Waals surface area contributed by atoms with Gasteiger partial charge in [0.1, 0.15) is 6.10 Å². The predicted molar refractivity (Wildman–Crippen MR) is 123 cm³/mol. The van der Waals surface area contributed by atoms with Crippen molar-refractivity contribution in [1.29, 1.82) is 0 Å². The first-order chi connectivity index (χ1) is 15.2. The van der Waals surface area contributed by atoms with Crippen LogP contribution in [0.15, 0.2) is 23.1 Å². The quantitative estimate of drug-likeness (QED) is 0.153. The van der Waals surface area contributed by atoms with Gasteiger partial charge in [-0.05, 0) is 37.8 Å². The fourth-order valence-corrected chi connectivity index (χ4v) is 4.33. The van der Waals surface area contributed by atoms with Gasteiger partial charge in [0.05, 0.1) is 34.8 Å². The van der Waals surface area contributed by atoms with Gasteiger partial charge in [0.2, 0.25) is 0 Å². The lowest BCUT2D eigenvalue weighted by atomic mass is 10.0. The number of carbonyl (C=O) groups excluding carboxylic acids is 2. The van der Waals surface area contributed by atoms with Crippen molar-refractivity contribution in [2.45, 2.75) is 63.9 Å². The van der Waals surface area contributed by atoms with Crippen LogP contribution < -0.4 is 0 Å². The molecule has 0 fully saturated rings. The maximum atomic E-state index is 12.8. The Hall–Kier alpha value is -2.20. The van der Waals surface area contributed by atoms with Gasteiger partial charge in [0.25, 0.3) is 0 Å². The lowest BCUT2D eigenvalue weighted by Crippen LogP contribution is -2.20. The van der Waals surface area contributed by atoms with Gasteiger partial charge >= 0.3 is 23.9 Å². The molecule has 0 radical (unpaired) electrons. The summed E-state index contributed by atoms with van der Waals surface area (Å²) >= 11 is 1.71. The Kier molecular flexibility index (Phi) is 12.9. The molecule has 0 bridgehead atoms. The minimum absolute atomic E-state index is 0.0116. The lowest BCUT2D eigenvalue weighted by molar-refractivity contribution is -0.142. The van der Waals surface area contributed by atoms with Crippen molar-refractivity contribution >= 4 is 47.7 Å². The number of aliphatic carboxylic acids is 2. The molecular weight excluding hydrogens is 456 g/mol. The molecule has 0 aliphatic rings. The summed E-state index contributed by atoms with van der Waals surface area (Å²) < 4.78 is 10.8. The standard InChI is InChI=1S/C22H30O8S2/c1-4-8-15(6-3)29-21(27)16-9-7-10-17(31-13-18(23)24)19(16)22(28)30-32-12-11-14(5-2)20(25)26/h7,9-10,14-15H,4-6,8,11-13H2,1-3H3,(H,23,24)(H,25,26). The third-order valence-electron chi connectivity index (χ3n) is 4.67. The molecular formula is C22H30O8S2. The molecule has 0 amide bonds. The number of esters is 1. The third kappa shape index (κ3) is 9.12. The van der Waals surface area contributed by atoms with E-state index in [1.165, 1.54) is 6.07 Å². The minimum Gasteiger partial charge on any atom is -0.481 e. The summed E-state index contributed by atoms with van der Waals surface area (Å²) in [4.78, 5) is 48.1.